The van der Waals surface area contributed by atoms with Gasteiger partial charge in [-0.1, -0.05) is 149 Å². The molecule has 1 aliphatic heterocycles. The van der Waals surface area contributed by atoms with Crippen LogP contribution in [0.15, 0.2) is 121 Å². The summed E-state index contributed by atoms with van der Waals surface area (Å²) in [7, 11) is -1.99. The van der Waals surface area contributed by atoms with Gasteiger partial charge in [-0.2, -0.15) is 0 Å². The van der Waals surface area contributed by atoms with E-state index < -0.39 is 13.9 Å². The number of ether oxygens (including phenoxy) is 1. The van der Waals surface area contributed by atoms with Crippen molar-refractivity contribution in [1.82, 2.24) is 4.90 Å². The first kappa shape index (κ1) is 32.4. The van der Waals surface area contributed by atoms with Gasteiger partial charge < -0.3 is 9.16 Å². The fourth-order valence-electron chi connectivity index (χ4n) is 6.46. The van der Waals surface area contributed by atoms with E-state index in [2.05, 4.69) is 167 Å². The third kappa shape index (κ3) is 7.26. The average molecular weight is 606 g/mol. The van der Waals surface area contributed by atoms with E-state index >= 15 is 0 Å². The van der Waals surface area contributed by atoms with Crippen LogP contribution in [0, 0.1) is 11.8 Å². The molecule has 0 spiro atoms. The molecule has 1 unspecified atom stereocenters. The van der Waals surface area contributed by atoms with Crippen LogP contribution in [-0.4, -0.2) is 39.0 Å². The van der Waals surface area contributed by atoms with Crippen LogP contribution in [0.2, 0.25) is 18.1 Å². The van der Waals surface area contributed by atoms with Gasteiger partial charge in [-0.15, -0.1) is 0 Å². The van der Waals surface area contributed by atoms with Gasteiger partial charge in [0.2, 0.25) is 0 Å². The molecule has 1 heterocycles. The quantitative estimate of drug-likeness (QED) is 0.126. The fourth-order valence-corrected chi connectivity index (χ4v) is 7.82. The molecule has 1 aliphatic rings. The summed E-state index contributed by atoms with van der Waals surface area (Å²) < 4.78 is 14.6. The maximum Gasteiger partial charge on any atom is 0.192 e. The Labute approximate surface area is 267 Å². The predicted molar refractivity (Wildman–Crippen MR) is 186 cm³/mol. The smallest absolute Gasteiger partial charge is 0.192 e. The molecule has 3 atom stereocenters. The number of likely N-dealkylation sites (tertiary alicyclic amines) is 1. The third-order valence-electron chi connectivity index (χ3n) is 10.0. The minimum atomic E-state index is -1.99. The second-order valence-corrected chi connectivity index (χ2v) is 18.9. The number of piperidine rings is 1. The Morgan fingerprint density at radius 2 is 1.18 bits per heavy atom. The Morgan fingerprint density at radius 3 is 1.64 bits per heavy atom. The molecule has 1 saturated heterocycles. The summed E-state index contributed by atoms with van der Waals surface area (Å²) in [5.41, 5.74) is 4.11. The fraction of sp³-hybridized carbons (Fsp3) is 0.400. The molecule has 3 nitrogen and oxygen atoms in total. The van der Waals surface area contributed by atoms with Crippen LogP contribution < -0.4 is 0 Å². The number of benzene rings is 4. The lowest BCUT2D eigenvalue weighted by molar-refractivity contribution is -0.0512. The van der Waals surface area contributed by atoms with Crippen LogP contribution in [0.25, 0.3) is 0 Å². The molecule has 0 amide bonds. The van der Waals surface area contributed by atoms with Gasteiger partial charge >= 0.3 is 0 Å². The summed E-state index contributed by atoms with van der Waals surface area (Å²) in [5.74, 6) is 0.732. The minimum Gasteiger partial charge on any atom is -0.412 e. The highest BCUT2D eigenvalue weighted by Gasteiger charge is 2.44. The Bertz CT molecular complexity index is 1320. The molecule has 0 saturated carbocycles. The van der Waals surface area contributed by atoms with Crippen LogP contribution in [0.3, 0.4) is 0 Å². The second kappa shape index (κ2) is 14.0. The molecule has 44 heavy (non-hydrogen) atoms. The zero-order chi connectivity index (χ0) is 31.2. The van der Waals surface area contributed by atoms with Gasteiger partial charge in [-0.05, 0) is 65.2 Å². The Kier molecular flexibility index (Phi) is 10.3. The molecule has 4 aromatic carbocycles. The van der Waals surface area contributed by atoms with Crippen LogP contribution in [0.5, 0.6) is 0 Å². The van der Waals surface area contributed by atoms with Crippen LogP contribution in [0.4, 0.5) is 0 Å². The van der Waals surface area contributed by atoms with Crippen LogP contribution in [0.1, 0.15) is 56.4 Å². The first-order chi connectivity index (χ1) is 21.1. The van der Waals surface area contributed by atoms with Crippen molar-refractivity contribution < 1.29 is 9.16 Å². The van der Waals surface area contributed by atoms with Crippen LogP contribution in [-0.2, 0) is 21.3 Å². The van der Waals surface area contributed by atoms with E-state index in [1.54, 1.807) is 0 Å². The lowest BCUT2D eigenvalue weighted by atomic mass is 9.79. The zero-order valence-electron chi connectivity index (χ0n) is 27.6. The lowest BCUT2D eigenvalue weighted by Gasteiger charge is -2.47. The van der Waals surface area contributed by atoms with Crippen molar-refractivity contribution in [3.8, 4) is 0 Å². The average Bonchev–Trinajstić information content (AvgIpc) is 3.03. The molecular formula is C40H51NO2Si. The first-order valence-corrected chi connectivity index (χ1v) is 19.3. The van der Waals surface area contributed by atoms with Gasteiger partial charge in [-0.3, -0.25) is 4.90 Å². The highest BCUT2D eigenvalue weighted by atomic mass is 28.4. The van der Waals surface area contributed by atoms with Gasteiger partial charge in [0.15, 0.2) is 8.32 Å². The molecule has 0 N–H and O–H groups in total. The minimum absolute atomic E-state index is 0.155. The number of hydrogen-bond acceptors (Lipinski definition) is 3. The maximum atomic E-state index is 7.31. The molecule has 4 heteroatoms. The van der Waals surface area contributed by atoms with E-state index in [9.17, 15) is 0 Å². The summed E-state index contributed by atoms with van der Waals surface area (Å²) in [6.07, 6.45) is 1.28. The normalized spacial score (nSPS) is 19.0. The standard InChI is InChI=1S/C40H51NO2Si/c1-32(37-27-28-41(29-33-19-11-7-12-20-33)30-38(37)43-44(5,6)39(2,3)4)31-42-40(34-21-13-8-14-22-34,35-23-15-9-16-24-35)36-25-17-10-18-26-36/h7-26,32,37-38H,27-31H2,1-6H3/t32?,37-,38+/m0/s1. The largest absolute Gasteiger partial charge is 0.412 e. The Morgan fingerprint density at radius 1 is 0.727 bits per heavy atom. The summed E-state index contributed by atoms with van der Waals surface area (Å²) in [5, 5.41) is 0.155. The predicted octanol–water partition coefficient (Wildman–Crippen LogP) is 9.54. The molecule has 232 valence electrons. The monoisotopic (exact) mass is 605 g/mol. The molecule has 0 radical (unpaired) electrons. The SMILES string of the molecule is CC(COC(c1ccccc1)(c1ccccc1)c1ccccc1)[C@@H]1CCN(Cc2ccccc2)C[C@H]1O[Si](C)(C)C(C)(C)C. The van der Waals surface area contributed by atoms with E-state index in [1.165, 1.54) is 5.56 Å². The Hall–Kier alpha value is -3.02. The molecule has 0 aromatic heterocycles. The van der Waals surface area contributed by atoms with Crippen molar-refractivity contribution in [1.29, 1.82) is 0 Å². The second-order valence-electron chi connectivity index (χ2n) is 14.2. The zero-order valence-corrected chi connectivity index (χ0v) is 28.6. The number of nitrogens with zero attached hydrogens (tertiary/aromatic N) is 1. The highest BCUT2D eigenvalue weighted by molar-refractivity contribution is 6.74. The summed E-state index contributed by atoms with van der Waals surface area (Å²) in [6, 6.07) is 43.1. The van der Waals surface area contributed by atoms with Gasteiger partial charge in [0.1, 0.15) is 5.60 Å². The molecule has 5 rings (SSSR count). The molecule has 4 aromatic rings. The lowest BCUT2D eigenvalue weighted by Crippen LogP contribution is -2.54. The summed E-state index contributed by atoms with van der Waals surface area (Å²) in [4.78, 5) is 2.60. The van der Waals surface area contributed by atoms with E-state index in [0.717, 1.165) is 42.7 Å². The van der Waals surface area contributed by atoms with Crippen molar-refractivity contribution >= 4 is 8.32 Å². The number of rotatable bonds is 11. The molecule has 0 aliphatic carbocycles. The van der Waals surface area contributed by atoms with E-state index in [4.69, 9.17) is 9.16 Å². The first-order valence-electron chi connectivity index (χ1n) is 16.3. The van der Waals surface area contributed by atoms with Crippen molar-refractivity contribution in [3.05, 3.63) is 144 Å². The van der Waals surface area contributed by atoms with Crippen molar-refractivity contribution in [2.75, 3.05) is 19.7 Å². The third-order valence-corrected chi connectivity index (χ3v) is 14.5. The molecule has 0 bridgehead atoms. The highest BCUT2D eigenvalue weighted by Crippen LogP contribution is 2.43. The van der Waals surface area contributed by atoms with Gasteiger partial charge in [0, 0.05) is 13.1 Å². The summed E-state index contributed by atoms with van der Waals surface area (Å²) in [6.45, 7) is 17.8. The van der Waals surface area contributed by atoms with Crippen molar-refractivity contribution in [2.45, 2.75) is 70.5 Å². The van der Waals surface area contributed by atoms with Gasteiger partial charge in [0.25, 0.3) is 0 Å². The molecular weight excluding hydrogens is 555 g/mol. The van der Waals surface area contributed by atoms with Crippen molar-refractivity contribution in [3.63, 3.8) is 0 Å². The number of hydrogen-bond donors (Lipinski definition) is 0. The van der Waals surface area contributed by atoms with Crippen LogP contribution >= 0.6 is 0 Å². The summed E-state index contributed by atoms with van der Waals surface area (Å²) >= 11 is 0. The van der Waals surface area contributed by atoms with E-state index in [-0.39, 0.29) is 11.1 Å². The van der Waals surface area contributed by atoms with E-state index in [1.807, 2.05) is 0 Å². The van der Waals surface area contributed by atoms with Gasteiger partial charge in [-0.25, -0.2) is 0 Å². The van der Waals surface area contributed by atoms with E-state index in [0.29, 0.717) is 18.4 Å². The Balaban J connectivity index is 1.44. The topological polar surface area (TPSA) is 21.7 Å². The van der Waals surface area contributed by atoms with Crippen molar-refractivity contribution in [2.24, 2.45) is 11.8 Å². The molecule has 1 fully saturated rings. The van der Waals surface area contributed by atoms with Gasteiger partial charge in [0.05, 0.1) is 12.7 Å². The maximum absolute atomic E-state index is 7.31.